The number of hydrogen-bond donors (Lipinski definition) is 1. The van der Waals surface area contributed by atoms with Crippen LogP contribution < -0.4 is 5.32 Å². The molecule has 2 aromatic heterocycles. The molecule has 0 fully saturated rings. The van der Waals surface area contributed by atoms with Gasteiger partial charge in [-0.15, -0.1) is 0 Å². The molecule has 234 valence electrons. The van der Waals surface area contributed by atoms with Gasteiger partial charge in [-0.3, -0.25) is 0 Å². The molecule has 1 aliphatic heterocycles. The quantitative estimate of drug-likeness (QED) is 0.205. The Morgan fingerprint density at radius 1 is 0.460 bits per heavy atom. The summed E-state index contributed by atoms with van der Waals surface area (Å²) in [7, 11) is 0. The van der Waals surface area contributed by atoms with Crippen LogP contribution in [0.25, 0.3) is 70.8 Å². The molecule has 0 saturated heterocycles. The van der Waals surface area contributed by atoms with E-state index in [0.29, 0.717) is 0 Å². The van der Waals surface area contributed by atoms with E-state index in [4.69, 9.17) is 4.99 Å². The number of aromatic nitrogens is 2. The molecule has 1 unspecified atom stereocenters. The summed E-state index contributed by atoms with van der Waals surface area (Å²) in [6.07, 6.45) is -0.362. The lowest BCUT2D eigenvalue weighted by molar-refractivity contribution is 0.624. The summed E-state index contributed by atoms with van der Waals surface area (Å²) < 4.78 is 4.84. The molecule has 50 heavy (non-hydrogen) atoms. The van der Waals surface area contributed by atoms with E-state index >= 15 is 0 Å². The lowest BCUT2D eigenvalue weighted by Gasteiger charge is -2.28. The van der Waals surface area contributed by atoms with Crippen molar-refractivity contribution in [1.82, 2.24) is 9.13 Å². The predicted molar refractivity (Wildman–Crippen MR) is 210 cm³/mol. The maximum atomic E-state index is 5.50. The molecule has 10 aromatic rings. The van der Waals surface area contributed by atoms with Crippen LogP contribution in [0.3, 0.4) is 0 Å². The Morgan fingerprint density at radius 3 is 2.06 bits per heavy atom. The summed E-state index contributed by atoms with van der Waals surface area (Å²) in [4.78, 5) is 5.50. The minimum absolute atomic E-state index is 0.362. The Balaban J connectivity index is 1.23. The molecule has 0 aliphatic carbocycles. The van der Waals surface area contributed by atoms with Crippen molar-refractivity contribution in [2.45, 2.75) is 6.29 Å². The van der Waals surface area contributed by atoms with Gasteiger partial charge in [0.2, 0.25) is 6.29 Å². The lowest BCUT2D eigenvalue weighted by Crippen LogP contribution is -2.24. The number of rotatable bonds is 3. The van der Waals surface area contributed by atoms with E-state index in [2.05, 4.69) is 184 Å². The van der Waals surface area contributed by atoms with Crippen LogP contribution in [0.4, 0.5) is 5.69 Å². The second kappa shape index (κ2) is 10.4. The fourth-order valence-electron chi connectivity index (χ4n) is 8.27. The molecule has 3 heterocycles. The first kappa shape index (κ1) is 27.3. The second-order valence-electron chi connectivity index (χ2n) is 13.2. The fraction of sp³-hybridized carbons (Fsp3) is 0.0217. The van der Waals surface area contributed by atoms with Gasteiger partial charge in [0.15, 0.2) is 0 Å². The Bertz CT molecular complexity index is 3020. The van der Waals surface area contributed by atoms with Gasteiger partial charge in [-0.1, -0.05) is 127 Å². The van der Waals surface area contributed by atoms with Gasteiger partial charge in [-0.2, -0.15) is 0 Å². The molecule has 0 radical (unpaired) electrons. The highest BCUT2D eigenvalue weighted by molar-refractivity contribution is 6.22. The highest BCUT2D eigenvalue weighted by atomic mass is 15.3. The Labute approximate surface area is 288 Å². The number of nitrogens with one attached hydrogen (secondary N) is 1. The van der Waals surface area contributed by atoms with Gasteiger partial charge in [0.25, 0.3) is 0 Å². The Kier molecular flexibility index (Phi) is 5.69. The SMILES string of the molecule is c1ccc(C2=NC(n3c4cc(-n5c6ccccc6c6cc7ccccc7cc65)ccc4c4c5ccccc5ccc43)Nc3ccccc32)cc1. The van der Waals surface area contributed by atoms with Crippen molar-refractivity contribution in [1.29, 1.82) is 0 Å². The lowest BCUT2D eigenvalue weighted by atomic mass is 9.99. The van der Waals surface area contributed by atoms with E-state index in [0.717, 1.165) is 39.2 Å². The predicted octanol–water partition coefficient (Wildman–Crippen LogP) is 11.6. The Morgan fingerprint density at radius 2 is 1.18 bits per heavy atom. The van der Waals surface area contributed by atoms with Gasteiger partial charge < -0.3 is 14.5 Å². The van der Waals surface area contributed by atoms with Crippen LogP contribution >= 0.6 is 0 Å². The van der Waals surface area contributed by atoms with Gasteiger partial charge in [-0.05, 0) is 64.0 Å². The van der Waals surface area contributed by atoms with Crippen molar-refractivity contribution >= 4 is 76.6 Å². The molecule has 1 aliphatic rings. The number of aliphatic imine (C=N–C) groups is 1. The summed E-state index contributed by atoms with van der Waals surface area (Å²) in [6, 6.07) is 61.3. The molecule has 0 saturated carbocycles. The zero-order valence-electron chi connectivity index (χ0n) is 27.1. The average Bonchev–Trinajstić information content (AvgIpc) is 3.69. The maximum Gasteiger partial charge on any atom is 0.201 e. The Hall–Kier alpha value is -6.65. The van der Waals surface area contributed by atoms with Crippen molar-refractivity contribution in [2.75, 3.05) is 5.32 Å². The first-order chi connectivity index (χ1) is 24.8. The summed E-state index contributed by atoms with van der Waals surface area (Å²) in [5, 5.41) is 13.8. The number of nitrogens with zero attached hydrogens (tertiary/aromatic N) is 3. The van der Waals surface area contributed by atoms with Crippen molar-refractivity contribution in [3.8, 4) is 5.69 Å². The van der Waals surface area contributed by atoms with Crippen molar-refractivity contribution in [3.63, 3.8) is 0 Å². The van der Waals surface area contributed by atoms with Gasteiger partial charge >= 0.3 is 0 Å². The van der Waals surface area contributed by atoms with E-state index in [-0.39, 0.29) is 6.29 Å². The fourth-order valence-corrected chi connectivity index (χ4v) is 8.27. The smallest absolute Gasteiger partial charge is 0.201 e. The number of benzene rings is 8. The number of anilines is 1. The average molecular weight is 639 g/mol. The minimum atomic E-state index is -0.362. The topological polar surface area (TPSA) is 34.2 Å². The van der Waals surface area contributed by atoms with Crippen LogP contribution in [0.2, 0.25) is 0 Å². The normalized spacial score (nSPS) is 14.5. The number of hydrogen-bond acceptors (Lipinski definition) is 2. The molecule has 1 N–H and O–H groups in total. The minimum Gasteiger partial charge on any atom is -0.346 e. The van der Waals surface area contributed by atoms with E-state index in [1.165, 1.54) is 54.1 Å². The van der Waals surface area contributed by atoms with Gasteiger partial charge in [-0.25, -0.2) is 4.99 Å². The second-order valence-corrected chi connectivity index (χ2v) is 13.2. The van der Waals surface area contributed by atoms with Crippen molar-refractivity contribution in [3.05, 3.63) is 181 Å². The van der Waals surface area contributed by atoms with E-state index in [1.807, 2.05) is 0 Å². The number of para-hydroxylation sites is 2. The van der Waals surface area contributed by atoms with Crippen LogP contribution in [0, 0.1) is 0 Å². The summed E-state index contributed by atoms with van der Waals surface area (Å²) in [5.41, 5.74) is 10.1. The zero-order valence-corrected chi connectivity index (χ0v) is 27.1. The molecule has 0 spiro atoms. The van der Waals surface area contributed by atoms with E-state index < -0.39 is 0 Å². The standard InChI is InChI=1S/C46H30N4/c1-2-13-30(14-3-1)45-36-19-8-10-20-39(36)47-46(48-45)50-41-25-22-29-12-6-7-17-34(29)44(41)37-24-23-33(28-43(37)50)49-40-21-11-9-18-35(40)38-26-31-15-4-5-16-32(31)27-42(38)49/h1-28,46-47H. The summed E-state index contributed by atoms with van der Waals surface area (Å²) >= 11 is 0. The first-order valence-corrected chi connectivity index (χ1v) is 17.2. The third-order valence-electron chi connectivity index (χ3n) is 10.5. The molecular formula is C46H30N4. The molecule has 1 atom stereocenters. The van der Waals surface area contributed by atoms with Crippen molar-refractivity contribution < 1.29 is 0 Å². The number of fused-ring (bicyclic) bond motifs is 10. The van der Waals surface area contributed by atoms with Gasteiger partial charge in [0.1, 0.15) is 0 Å². The molecule has 0 amide bonds. The maximum absolute atomic E-state index is 5.50. The highest BCUT2D eigenvalue weighted by Crippen LogP contribution is 2.42. The van der Waals surface area contributed by atoms with Crippen molar-refractivity contribution in [2.24, 2.45) is 4.99 Å². The summed E-state index contributed by atoms with van der Waals surface area (Å²) in [5.74, 6) is 0. The van der Waals surface area contributed by atoms with E-state index in [9.17, 15) is 0 Å². The van der Waals surface area contributed by atoms with Crippen LogP contribution in [0.1, 0.15) is 17.4 Å². The molecular weight excluding hydrogens is 609 g/mol. The van der Waals surface area contributed by atoms with Crippen LogP contribution in [0.5, 0.6) is 0 Å². The molecule has 4 nitrogen and oxygen atoms in total. The van der Waals surface area contributed by atoms with Crippen LogP contribution in [0.15, 0.2) is 175 Å². The van der Waals surface area contributed by atoms with Gasteiger partial charge in [0.05, 0.1) is 27.8 Å². The van der Waals surface area contributed by atoms with Crippen LogP contribution in [-0.2, 0) is 0 Å². The molecule has 0 bridgehead atoms. The van der Waals surface area contributed by atoms with E-state index in [1.54, 1.807) is 0 Å². The third kappa shape index (κ3) is 3.90. The third-order valence-corrected chi connectivity index (χ3v) is 10.5. The largest absolute Gasteiger partial charge is 0.346 e. The summed E-state index contributed by atoms with van der Waals surface area (Å²) in [6.45, 7) is 0. The monoisotopic (exact) mass is 638 g/mol. The van der Waals surface area contributed by atoms with Gasteiger partial charge in [0, 0.05) is 44.0 Å². The van der Waals surface area contributed by atoms with Crippen LogP contribution in [-0.4, -0.2) is 14.8 Å². The molecule has 4 heteroatoms. The zero-order chi connectivity index (χ0) is 32.8. The highest BCUT2D eigenvalue weighted by Gasteiger charge is 2.26. The first-order valence-electron chi connectivity index (χ1n) is 17.2. The molecule has 11 rings (SSSR count). The molecule has 8 aromatic carbocycles.